The molecule has 176 valence electrons. The molecule has 0 atom stereocenters. The Hall–Kier alpha value is -3.52. The number of aromatic nitrogens is 1. The molecule has 1 aromatic carbocycles. The summed E-state index contributed by atoms with van der Waals surface area (Å²) in [6, 6.07) is 14.8. The number of ether oxygens (including phenoxy) is 1. The first-order valence-corrected chi connectivity index (χ1v) is 11.0. The summed E-state index contributed by atoms with van der Waals surface area (Å²) in [4.78, 5) is 29.7. The lowest BCUT2D eigenvalue weighted by Gasteiger charge is -2.27. The highest BCUT2D eigenvalue weighted by molar-refractivity contribution is 5.92. The zero-order chi connectivity index (χ0) is 23.6. The number of rotatable bonds is 11. The van der Waals surface area contributed by atoms with Crippen LogP contribution < -0.4 is 5.32 Å². The van der Waals surface area contributed by atoms with E-state index >= 15 is 0 Å². The number of benzene rings is 1. The van der Waals surface area contributed by atoms with E-state index in [0.29, 0.717) is 44.1 Å². The van der Waals surface area contributed by atoms with E-state index in [-0.39, 0.29) is 18.5 Å². The molecule has 3 aromatic rings. The standard InChI is InChI=1S/C25H32N4O4/c1-20-8-4-9-21(16-20)26-25(31)28(13-7-14-32-3)19-24(30)29(18-23-11-6-15-33-23)17-22-10-5-12-27(22)2/h4-6,8-12,15-16H,7,13-14,17-19H2,1-3H3,(H,26,31). The van der Waals surface area contributed by atoms with Crippen LogP contribution in [-0.4, -0.2) is 53.1 Å². The predicted octanol–water partition coefficient (Wildman–Crippen LogP) is 4.03. The lowest BCUT2D eigenvalue weighted by Crippen LogP contribution is -2.44. The maximum atomic E-state index is 13.4. The van der Waals surface area contributed by atoms with E-state index in [0.717, 1.165) is 11.3 Å². The molecule has 3 amide bonds. The molecule has 0 unspecified atom stereocenters. The fourth-order valence-electron chi connectivity index (χ4n) is 3.52. The summed E-state index contributed by atoms with van der Waals surface area (Å²) < 4.78 is 12.6. The summed E-state index contributed by atoms with van der Waals surface area (Å²) in [6.07, 6.45) is 4.16. The predicted molar refractivity (Wildman–Crippen MR) is 127 cm³/mol. The van der Waals surface area contributed by atoms with Crippen molar-refractivity contribution < 1.29 is 18.7 Å². The van der Waals surface area contributed by atoms with E-state index in [9.17, 15) is 9.59 Å². The summed E-state index contributed by atoms with van der Waals surface area (Å²) in [6.45, 7) is 3.55. The number of nitrogens with one attached hydrogen (secondary N) is 1. The van der Waals surface area contributed by atoms with Gasteiger partial charge in [-0.2, -0.15) is 0 Å². The van der Waals surface area contributed by atoms with Gasteiger partial charge in [0.1, 0.15) is 12.3 Å². The summed E-state index contributed by atoms with van der Waals surface area (Å²) >= 11 is 0. The Kier molecular flexibility index (Phi) is 8.71. The van der Waals surface area contributed by atoms with Gasteiger partial charge in [-0.05, 0) is 55.3 Å². The van der Waals surface area contributed by atoms with Crippen LogP contribution in [0.3, 0.4) is 0 Å². The summed E-state index contributed by atoms with van der Waals surface area (Å²) in [5, 5.41) is 2.91. The minimum atomic E-state index is -0.318. The van der Waals surface area contributed by atoms with Crippen LogP contribution in [0.1, 0.15) is 23.4 Å². The normalized spacial score (nSPS) is 10.8. The number of amides is 3. The number of hydrogen-bond acceptors (Lipinski definition) is 4. The maximum absolute atomic E-state index is 13.4. The number of carbonyl (C=O) groups excluding carboxylic acids is 2. The number of furan rings is 1. The third kappa shape index (κ3) is 7.25. The Balaban J connectivity index is 1.74. The first kappa shape index (κ1) is 24.1. The quantitative estimate of drug-likeness (QED) is 0.446. The SMILES string of the molecule is COCCCN(CC(=O)N(Cc1ccco1)Cc1cccn1C)C(=O)Nc1cccc(C)c1. The molecular weight excluding hydrogens is 420 g/mol. The van der Waals surface area contributed by atoms with Gasteiger partial charge in [0.2, 0.25) is 5.91 Å². The molecule has 0 aliphatic heterocycles. The van der Waals surface area contributed by atoms with E-state index in [4.69, 9.17) is 9.15 Å². The number of anilines is 1. The Morgan fingerprint density at radius 1 is 1.09 bits per heavy atom. The number of urea groups is 1. The second kappa shape index (κ2) is 11.9. The average molecular weight is 453 g/mol. The van der Waals surface area contributed by atoms with Gasteiger partial charge in [-0.3, -0.25) is 4.79 Å². The number of hydrogen-bond donors (Lipinski definition) is 1. The molecule has 0 aliphatic rings. The number of methoxy groups -OCH3 is 1. The highest BCUT2D eigenvalue weighted by Crippen LogP contribution is 2.14. The fraction of sp³-hybridized carbons (Fsp3) is 0.360. The molecule has 0 bridgehead atoms. The Morgan fingerprint density at radius 3 is 2.61 bits per heavy atom. The van der Waals surface area contributed by atoms with Gasteiger partial charge in [-0.25, -0.2) is 4.79 Å². The highest BCUT2D eigenvalue weighted by Gasteiger charge is 2.23. The molecule has 0 spiro atoms. The van der Waals surface area contributed by atoms with Gasteiger partial charge in [0.25, 0.3) is 0 Å². The molecule has 2 heterocycles. The van der Waals surface area contributed by atoms with Gasteiger partial charge in [0, 0.05) is 44.9 Å². The van der Waals surface area contributed by atoms with E-state index in [1.165, 1.54) is 4.90 Å². The number of carbonyl (C=O) groups is 2. The van der Waals surface area contributed by atoms with Crippen LogP contribution in [0.2, 0.25) is 0 Å². The molecule has 3 rings (SSSR count). The molecule has 8 nitrogen and oxygen atoms in total. The van der Waals surface area contributed by atoms with Crippen molar-refractivity contribution in [3.63, 3.8) is 0 Å². The first-order chi connectivity index (χ1) is 16.0. The largest absolute Gasteiger partial charge is 0.467 e. The second-order valence-electron chi connectivity index (χ2n) is 8.01. The van der Waals surface area contributed by atoms with E-state index in [2.05, 4.69) is 5.32 Å². The minimum absolute atomic E-state index is 0.0491. The minimum Gasteiger partial charge on any atom is -0.467 e. The molecule has 0 aliphatic carbocycles. The fourth-order valence-corrected chi connectivity index (χ4v) is 3.52. The number of aryl methyl sites for hydroxylation is 2. The lowest BCUT2D eigenvalue weighted by molar-refractivity contribution is -0.133. The van der Waals surface area contributed by atoms with Crippen molar-refractivity contribution in [2.45, 2.75) is 26.4 Å². The van der Waals surface area contributed by atoms with Crippen molar-refractivity contribution in [1.82, 2.24) is 14.4 Å². The summed E-state index contributed by atoms with van der Waals surface area (Å²) in [7, 11) is 3.56. The molecule has 1 N–H and O–H groups in total. The van der Waals surface area contributed by atoms with Crippen molar-refractivity contribution >= 4 is 17.6 Å². The van der Waals surface area contributed by atoms with Crippen LogP contribution in [0.25, 0.3) is 0 Å². The smallest absolute Gasteiger partial charge is 0.322 e. The van der Waals surface area contributed by atoms with Gasteiger partial charge >= 0.3 is 6.03 Å². The second-order valence-corrected chi connectivity index (χ2v) is 8.01. The average Bonchev–Trinajstić information content (AvgIpc) is 3.44. The van der Waals surface area contributed by atoms with Crippen LogP contribution in [0, 0.1) is 6.92 Å². The lowest BCUT2D eigenvalue weighted by atomic mass is 10.2. The first-order valence-electron chi connectivity index (χ1n) is 11.0. The van der Waals surface area contributed by atoms with Gasteiger partial charge < -0.3 is 28.8 Å². The van der Waals surface area contributed by atoms with Crippen molar-refractivity contribution in [1.29, 1.82) is 0 Å². The topological polar surface area (TPSA) is 80.0 Å². The Morgan fingerprint density at radius 2 is 1.94 bits per heavy atom. The van der Waals surface area contributed by atoms with Gasteiger partial charge in [0.05, 0.1) is 19.4 Å². The van der Waals surface area contributed by atoms with Crippen LogP contribution in [0.5, 0.6) is 0 Å². The zero-order valence-electron chi connectivity index (χ0n) is 19.5. The van der Waals surface area contributed by atoms with Crippen LogP contribution in [0.15, 0.2) is 65.4 Å². The molecule has 0 fully saturated rings. The molecular formula is C25H32N4O4. The molecule has 0 radical (unpaired) electrons. The molecule has 0 saturated carbocycles. The van der Waals surface area contributed by atoms with Crippen molar-refractivity contribution in [3.05, 3.63) is 78.0 Å². The number of nitrogens with zero attached hydrogens (tertiary/aromatic N) is 3. The van der Waals surface area contributed by atoms with Gasteiger partial charge in [-0.15, -0.1) is 0 Å². The third-order valence-corrected chi connectivity index (χ3v) is 5.34. The van der Waals surface area contributed by atoms with E-state index < -0.39 is 0 Å². The van der Waals surface area contributed by atoms with Crippen molar-refractivity contribution in [2.24, 2.45) is 7.05 Å². The Labute approximate surface area is 194 Å². The zero-order valence-corrected chi connectivity index (χ0v) is 19.5. The molecule has 2 aromatic heterocycles. The van der Waals surface area contributed by atoms with Crippen molar-refractivity contribution in [3.8, 4) is 0 Å². The van der Waals surface area contributed by atoms with Gasteiger partial charge in [0.15, 0.2) is 0 Å². The van der Waals surface area contributed by atoms with Crippen LogP contribution in [-0.2, 0) is 29.7 Å². The molecule has 33 heavy (non-hydrogen) atoms. The highest BCUT2D eigenvalue weighted by atomic mass is 16.5. The van der Waals surface area contributed by atoms with Crippen LogP contribution in [0.4, 0.5) is 10.5 Å². The molecule has 0 saturated heterocycles. The summed E-state index contributed by atoms with van der Waals surface area (Å²) in [5.74, 6) is 0.525. The van der Waals surface area contributed by atoms with E-state index in [1.807, 2.05) is 67.2 Å². The monoisotopic (exact) mass is 452 g/mol. The van der Waals surface area contributed by atoms with Crippen LogP contribution >= 0.6 is 0 Å². The Bertz CT molecular complexity index is 1030. The van der Waals surface area contributed by atoms with Crippen molar-refractivity contribution in [2.75, 3.05) is 32.1 Å². The maximum Gasteiger partial charge on any atom is 0.322 e. The third-order valence-electron chi connectivity index (χ3n) is 5.34. The molecule has 8 heteroatoms. The van der Waals surface area contributed by atoms with Gasteiger partial charge in [-0.1, -0.05) is 12.1 Å². The summed E-state index contributed by atoms with van der Waals surface area (Å²) in [5.41, 5.74) is 2.73. The van der Waals surface area contributed by atoms with E-state index in [1.54, 1.807) is 24.3 Å².